The molecule has 0 spiro atoms. The SMILES string of the molecule is Cc1c(N2Cc3ccccc3[C@@H]2COc2ccnc(C(=O)N3CCN(c4ncc(C#N)cn4)CC3)c2)cn[nH]c1=O. The van der Waals surface area contributed by atoms with E-state index >= 15 is 0 Å². The Morgan fingerprint density at radius 1 is 1.10 bits per heavy atom. The Kier molecular flexibility index (Phi) is 6.99. The van der Waals surface area contributed by atoms with Gasteiger partial charge in [0.15, 0.2) is 0 Å². The zero-order valence-corrected chi connectivity index (χ0v) is 22.4. The van der Waals surface area contributed by atoms with Crippen molar-refractivity contribution in [2.45, 2.75) is 19.5 Å². The summed E-state index contributed by atoms with van der Waals surface area (Å²) in [4.78, 5) is 44.2. The van der Waals surface area contributed by atoms with E-state index in [4.69, 9.17) is 10.00 Å². The van der Waals surface area contributed by atoms with Gasteiger partial charge in [0.25, 0.3) is 11.5 Å². The van der Waals surface area contributed by atoms with E-state index in [9.17, 15) is 9.59 Å². The van der Waals surface area contributed by atoms with Crippen molar-refractivity contribution in [3.63, 3.8) is 0 Å². The zero-order valence-electron chi connectivity index (χ0n) is 22.4. The number of piperazine rings is 1. The van der Waals surface area contributed by atoms with Crippen LogP contribution in [0.1, 0.15) is 38.8 Å². The number of carbonyl (C=O) groups is 1. The van der Waals surface area contributed by atoms with Gasteiger partial charge in [-0.15, -0.1) is 0 Å². The first kappa shape index (κ1) is 25.9. The number of pyridine rings is 1. The van der Waals surface area contributed by atoms with Gasteiger partial charge >= 0.3 is 0 Å². The average Bonchev–Trinajstić information content (AvgIpc) is 3.39. The second-order valence-electron chi connectivity index (χ2n) is 9.90. The van der Waals surface area contributed by atoms with Gasteiger partial charge in [0.05, 0.1) is 35.9 Å². The molecule has 6 rings (SSSR count). The summed E-state index contributed by atoms with van der Waals surface area (Å²) >= 11 is 0. The van der Waals surface area contributed by atoms with Gasteiger partial charge in [-0.2, -0.15) is 10.4 Å². The molecule has 3 aromatic heterocycles. The smallest absolute Gasteiger partial charge is 0.272 e. The fourth-order valence-corrected chi connectivity index (χ4v) is 5.24. The molecule has 1 amide bonds. The zero-order chi connectivity index (χ0) is 28.3. The number of benzene rings is 1. The minimum Gasteiger partial charge on any atom is -0.491 e. The third-order valence-corrected chi connectivity index (χ3v) is 7.49. The Morgan fingerprint density at radius 3 is 2.66 bits per heavy atom. The molecule has 0 bridgehead atoms. The highest BCUT2D eigenvalue weighted by molar-refractivity contribution is 5.92. The van der Waals surface area contributed by atoms with Crippen LogP contribution in [0.15, 0.2) is 66.0 Å². The first-order chi connectivity index (χ1) is 20.0. The first-order valence-corrected chi connectivity index (χ1v) is 13.3. The summed E-state index contributed by atoms with van der Waals surface area (Å²) < 4.78 is 6.23. The number of aromatic amines is 1. The van der Waals surface area contributed by atoms with Gasteiger partial charge in [0.1, 0.15) is 24.1 Å². The number of nitriles is 1. The Hall–Kier alpha value is -5.31. The van der Waals surface area contributed by atoms with Crippen LogP contribution in [0.4, 0.5) is 11.6 Å². The van der Waals surface area contributed by atoms with E-state index in [1.54, 1.807) is 36.4 Å². The van der Waals surface area contributed by atoms with Crippen LogP contribution in [0.2, 0.25) is 0 Å². The second kappa shape index (κ2) is 11.1. The van der Waals surface area contributed by atoms with E-state index in [1.165, 1.54) is 12.4 Å². The minimum atomic E-state index is -0.222. The fraction of sp³-hybridized carbons (Fsp3) is 0.276. The van der Waals surface area contributed by atoms with Gasteiger partial charge in [0, 0.05) is 50.6 Å². The maximum atomic E-state index is 13.3. The Balaban J connectivity index is 1.13. The standard InChI is InChI=1S/C29H27N9O3/c1-19-25(16-34-35-27(19)39)38-17-21-4-2-3-5-23(21)26(38)18-41-22-6-7-31-24(12-22)28(40)36-8-10-37(11-9-36)29-32-14-20(13-30)15-33-29/h2-7,12,14-16,26H,8-11,17-18H2,1H3,(H,35,39)/t26-/m0/s1. The molecule has 2 aliphatic heterocycles. The molecule has 0 radical (unpaired) electrons. The van der Waals surface area contributed by atoms with Crippen LogP contribution in [0.5, 0.6) is 5.75 Å². The van der Waals surface area contributed by atoms with Gasteiger partial charge in [-0.25, -0.2) is 15.1 Å². The van der Waals surface area contributed by atoms with Gasteiger partial charge in [0.2, 0.25) is 5.95 Å². The molecular weight excluding hydrogens is 522 g/mol. The van der Waals surface area contributed by atoms with E-state index in [0.717, 1.165) is 16.8 Å². The molecule has 0 unspecified atom stereocenters. The van der Waals surface area contributed by atoms with Gasteiger partial charge in [-0.1, -0.05) is 24.3 Å². The fourth-order valence-electron chi connectivity index (χ4n) is 5.24. The predicted molar refractivity (Wildman–Crippen MR) is 150 cm³/mol. The molecule has 2 aliphatic rings. The van der Waals surface area contributed by atoms with Gasteiger partial charge in [-0.05, 0) is 24.1 Å². The van der Waals surface area contributed by atoms with Crippen molar-refractivity contribution < 1.29 is 9.53 Å². The van der Waals surface area contributed by atoms with Crippen LogP contribution in [0.3, 0.4) is 0 Å². The van der Waals surface area contributed by atoms with Crippen LogP contribution < -0.4 is 20.1 Å². The lowest BCUT2D eigenvalue weighted by Crippen LogP contribution is -2.49. The van der Waals surface area contributed by atoms with E-state index < -0.39 is 0 Å². The molecule has 1 atom stereocenters. The summed E-state index contributed by atoms with van der Waals surface area (Å²) in [6.45, 7) is 4.86. The lowest BCUT2D eigenvalue weighted by molar-refractivity contribution is 0.0739. The molecular formula is C29H27N9O3. The Morgan fingerprint density at radius 2 is 1.88 bits per heavy atom. The number of fused-ring (bicyclic) bond motifs is 1. The largest absolute Gasteiger partial charge is 0.491 e. The van der Waals surface area contributed by atoms with E-state index in [1.807, 2.05) is 23.1 Å². The molecule has 4 aromatic rings. The van der Waals surface area contributed by atoms with Crippen molar-refractivity contribution in [2.24, 2.45) is 0 Å². The number of ether oxygens (including phenoxy) is 1. The minimum absolute atomic E-state index is 0.140. The van der Waals surface area contributed by atoms with Crippen LogP contribution in [0, 0.1) is 18.3 Å². The highest BCUT2D eigenvalue weighted by Crippen LogP contribution is 2.38. The molecule has 1 N–H and O–H groups in total. The summed E-state index contributed by atoms with van der Waals surface area (Å²) in [5, 5.41) is 15.5. The van der Waals surface area contributed by atoms with Crippen molar-refractivity contribution >= 4 is 17.5 Å². The third-order valence-electron chi connectivity index (χ3n) is 7.49. The number of hydrogen-bond donors (Lipinski definition) is 1. The molecule has 12 nitrogen and oxygen atoms in total. The monoisotopic (exact) mass is 549 g/mol. The maximum Gasteiger partial charge on any atom is 0.272 e. The van der Waals surface area contributed by atoms with Crippen molar-refractivity contribution in [2.75, 3.05) is 42.6 Å². The summed E-state index contributed by atoms with van der Waals surface area (Å²) in [7, 11) is 0. The number of amides is 1. The lowest BCUT2D eigenvalue weighted by Gasteiger charge is -2.34. The molecule has 5 heterocycles. The van der Waals surface area contributed by atoms with Crippen LogP contribution in [0.25, 0.3) is 0 Å². The molecule has 1 aromatic carbocycles. The number of nitrogens with zero attached hydrogens (tertiary/aromatic N) is 8. The molecule has 206 valence electrons. The van der Waals surface area contributed by atoms with Gasteiger partial charge < -0.3 is 19.4 Å². The highest BCUT2D eigenvalue weighted by atomic mass is 16.5. The Bertz CT molecular complexity index is 1670. The number of anilines is 2. The summed E-state index contributed by atoms with van der Waals surface area (Å²) in [5.41, 5.74) is 4.14. The summed E-state index contributed by atoms with van der Waals surface area (Å²) in [5.74, 6) is 0.908. The maximum absolute atomic E-state index is 13.3. The van der Waals surface area contributed by atoms with Crippen molar-refractivity contribution in [1.29, 1.82) is 5.26 Å². The molecule has 0 aliphatic carbocycles. The van der Waals surface area contributed by atoms with Crippen LogP contribution >= 0.6 is 0 Å². The lowest BCUT2D eigenvalue weighted by atomic mass is 10.1. The van der Waals surface area contributed by atoms with Gasteiger partial charge in [-0.3, -0.25) is 14.6 Å². The topological polar surface area (TPSA) is 144 Å². The molecule has 1 saturated heterocycles. The molecule has 0 saturated carbocycles. The number of nitrogens with one attached hydrogen (secondary N) is 1. The number of hydrogen-bond acceptors (Lipinski definition) is 10. The molecule has 12 heteroatoms. The number of carbonyl (C=O) groups excluding carboxylic acids is 1. The third kappa shape index (κ3) is 5.17. The van der Waals surface area contributed by atoms with Crippen LogP contribution in [-0.2, 0) is 6.54 Å². The number of aromatic nitrogens is 5. The first-order valence-electron chi connectivity index (χ1n) is 13.3. The van der Waals surface area contributed by atoms with E-state index in [2.05, 4.69) is 42.2 Å². The molecule has 1 fully saturated rings. The van der Waals surface area contributed by atoms with E-state index in [0.29, 0.717) is 67.8 Å². The number of rotatable bonds is 6. The molecule has 41 heavy (non-hydrogen) atoms. The normalized spacial score (nSPS) is 16.3. The summed E-state index contributed by atoms with van der Waals surface area (Å²) in [6, 6.07) is 13.4. The average molecular weight is 550 g/mol. The quantitative estimate of drug-likeness (QED) is 0.380. The van der Waals surface area contributed by atoms with Crippen LogP contribution in [-0.4, -0.2) is 68.7 Å². The summed E-state index contributed by atoms with van der Waals surface area (Å²) in [6.07, 6.45) is 6.24. The highest BCUT2D eigenvalue weighted by Gasteiger charge is 2.32. The number of H-pyrrole nitrogens is 1. The van der Waals surface area contributed by atoms with Crippen molar-refractivity contribution in [3.05, 3.63) is 99.5 Å². The predicted octanol–water partition coefficient (Wildman–Crippen LogP) is 2.24. The second-order valence-corrected chi connectivity index (χ2v) is 9.90. The Labute approximate surface area is 235 Å². The van der Waals surface area contributed by atoms with Crippen molar-refractivity contribution in [1.82, 2.24) is 30.0 Å². The van der Waals surface area contributed by atoms with Crippen molar-refractivity contribution in [3.8, 4) is 11.8 Å². The van der Waals surface area contributed by atoms with E-state index in [-0.39, 0.29) is 17.5 Å².